The van der Waals surface area contributed by atoms with Gasteiger partial charge in [-0.15, -0.1) is 26.3 Å². The Bertz CT molecular complexity index is 1120. The van der Waals surface area contributed by atoms with Crippen molar-refractivity contribution in [2.45, 2.75) is 12.7 Å². The van der Waals surface area contributed by atoms with Crippen molar-refractivity contribution in [3.8, 4) is 33.9 Å². The Balaban J connectivity index is 2.13. The van der Waals surface area contributed by atoms with E-state index in [1.54, 1.807) is 0 Å². The van der Waals surface area contributed by atoms with Crippen molar-refractivity contribution in [1.29, 1.82) is 0 Å². The van der Waals surface area contributed by atoms with Gasteiger partial charge in [0.2, 0.25) is 0 Å². The third-order valence-corrected chi connectivity index (χ3v) is 3.80. The molecule has 0 radical (unpaired) electrons. The van der Waals surface area contributed by atoms with Crippen molar-refractivity contribution in [2.24, 2.45) is 0 Å². The number of aromatic nitrogens is 1. The SMILES string of the molecule is O=[N+]([O-])c1cnc(-c2cccc(OC(F)(F)F)c2)c(-c2cccc(OC(F)(F)F)c2)c1. The summed E-state index contributed by atoms with van der Waals surface area (Å²) in [7, 11) is 0. The number of hydrogen-bond acceptors (Lipinski definition) is 5. The first-order chi connectivity index (χ1) is 14.4. The second kappa shape index (κ2) is 8.13. The van der Waals surface area contributed by atoms with Crippen LogP contribution >= 0.6 is 0 Å². The zero-order valence-corrected chi connectivity index (χ0v) is 15.1. The summed E-state index contributed by atoms with van der Waals surface area (Å²) in [5.41, 5.74) is -0.319. The van der Waals surface area contributed by atoms with Gasteiger partial charge in [0.15, 0.2) is 0 Å². The van der Waals surface area contributed by atoms with E-state index in [1.807, 2.05) is 0 Å². The molecule has 0 saturated heterocycles. The third kappa shape index (κ3) is 5.84. The Morgan fingerprint density at radius 3 is 1.84 bits per heavy atom. The lowest BCUT2D eigenvalue weighted by atomic mass is 9.98. The van der Waals surface area contributed by atoms with Gasteiger partial charge in [-0.2, -0.15) is 0 Å². The van der Waals surface area contributed by atoms with Crippen LogP contribution in [-0.4, -0.2) is 22.6 Å². The minimum absolute atomic E-state index is 0.00554. The first-order valence-electron chi connectivity index (χ1n) is 8.28. The van der Waals surface area contributed by atoms with E-state index in [1.165, 1.54) is 24.3 Å². The van der Waals surface area contributed by atoms with E-state index in [2.05, 4.69) is 14.5 Å². The molecule has 3 rings (SSSR count). The van der Waals surface area contributed by atoms with Crippen LogP contribution in [0.5, 0.6) is 11.5 Å². The predicted octanol–water partition coefficient (Wildman–Crippen LogP) is 6.12. The van der Waals surface area contributed by atoms with Crippen LogP contribution in [0.3, 0.4) is 0 Å². The molecule has 0 atom stereocenters. The van der Waals surface area contributed by atoms with Gasteiger partial charge in [-0.1, -0.05) is 24.3 Å². The molecule has 1 heterocycles. The summed E-state index contributed by atoms with van der Waals surface area (Å²) in [6, 6.07) is 10.3. The second-order valence-electron chi connectivity index (χ2n) is 6.00. The molecule has 2 aromatic carbocycles. The molecule has 162 valence electrons. The Kier molecular flexibility index (Phi) is 5.73. The molecule has 3 aromatic rings. The first-order valence-corrected chi connectivity index (χ1v) is 8.28. The van der Waals surface area contributed by atoms with Crippen LogP contribution in [-0.2, 0) is 0 Å². The number of nitrogens with zero attached hydrogens (tertiary/aromatic N) is 2. The highest BCUT2D eigenvalue weighted by atomic mass is 19.4. The van der Waals surface area contributed by atoms with Crippen molar-refractivity contribution in [3.63, 3.8) is 0 Å². The maximum Gasteiger partial charge on any atom is 0.573 e. The van der Waals surface area contributed by atoms with Crippen molar-refractivity contribution in [3.05, 3.63) is 70.9 Å². The highest BCUT2D eigenvalue weighted by Gasteiger charge is 2.32. The summed E-state index contributed by atoms with van der Waals surface area (Å²) in [6.07, 6.45) is -9.04. The Morgan fingerprint density at radius 2 is 1.32 bits per heavy atom. The molecule has 0 fully saturated rings. The van der Waals surface area contributed by atoms with Gasteiger partial charge in [0.25, 0.3) is 5.69 Å². The Labute approximate surface area is 169 Å². The first kappa shape index (κ1) is 21.9. The van der Waals surface area contributed by atoms with E-state index in [0.29, 0.717) is 0 Å². The van der Waals surface area contributed by atoms with E-state index >= 15 is 0 Å². The molecule has 0 N–H and O–H groups in total. The maximum atomic E-state index is 12.5. The lowest BCUT2D eigenvalue weighted by Gasteiger charge is -2.13. The second-order valence-corrected chi connectivity index (χ2v) is 6.00. The highest BCUT2D eigenvalue weighted by Crippen LogP contribution is 2.37. The summed E-state index contributed by atoms with van der Waals surface area (Å²) in [5, 5.41) is 11.1. The molecule has 0 unspecified atom stereocenters. The van der Waals surface area contributed by atoms with Gasteiger partial charge in [-0.25, -0.2) is 4.98 Å². The molecule has 1 aromatic heterocycles. The van der Waals surface area contributed by atoms with Crippen LogP contribution in [0.4, 0.5) is 32.0 Å². The zero-order valence-electron chi connectivity index (χ0n) is 15.1. The van der Waals surface area contributed by atoms with Crippen LogP contribution < -0.4 is 9.47 Å². The smallest absolute Gasteiger partial charge is 0.406 e. The number of benzene rings is 2. The maximum absolute atomic E-state index is 12.5. The quantitative estimate of drug-likeness (QED) is 0.269. The van der Waals surface area contributed by atoms with Gasteiger partial charge < -0.3 is 9.47 Å². The fraction of sp³-hybridized carbons (Fsp3) is 0.105. The third-order valence-electron chi connectivity index (χ3n) is 3.80. The molecule has 0 saturated carbocycles. The fourth-order valence-corrected chi connectivity index (χ4v) is 2.70. The molecule has 0 aliphatic carbocycles. The van der Waals surface area contributed by atoms with E-state index in [-0.39, 0.29) is 22.4 Å². The average Bonchev–Trinajstić information content (AvgIpc) is 2.65. The summed E-state index contributed by atoms with van der Waals surface area (Å²) < 4.78 is 82.9. The lowest BCUT2D eigenvalue weighted by molar-refractivity contribution is -0.385. The van der Waals surface area contributed by atoms with E-state index < -0.39 is 34.8 Å². The van der Waals surface area contributed by atoms with Gasteiger partial charge in [0, 0.05) is 17.2 Å². The summed E-state index contributed by atoms with van der Waals surface area (Å²) >= 11 is 0. The van der Waals surface area contributed by atoms with E-state index in [0.717, 1.165) is 36.5 Å². The van der Waals surface area contributed by atoms with Crippen LogP contribution in [0.25, 0.3) is 22.4 Å². The Hall–Kier alpha value is -3.83. The summed E-state index contributed by atoms with van der Waals surface area (Å²) in [5.74, 6) is -1.15. The Morgan fingerprint density at radius 1 is 0.806 bits per heavy atom. The normalized spacial score (nSPS) is 11.8. The van der Waals surface area contributed by atoms with Gasteiger partial charge in [-0.3, -0.25) is 10.1 Å². The van der Waals surface area contributed by atoms with Crippen LogP contribution in [0, 0.1) is 10.1 Å². The topological polar surface area (TPSA) is 74.5 Å². The number of ether oxygens (including phenoxy) is 2. The van der Waals surface area contributed by atoms with Crippen molar-refractivity contribution < 1.29 is 40.7 Å². The predicted molar refractivity (Wildman–Crippen MR) is 95.1 cm³/mol. The number of pyridine rings is 1. The number of alkyl halides is 6. The molecule has 6 nitrogen and oxygen atoms in total. The van der Waals surface area contributed by atoms with E-state index in [4.69, 9.17) is 0 Å². The molecule has 0 spiro atoms. The van der Waals surface area contributed by atoms with Crippen LogP contribution in [0.2, 0.25) is 0 Å². The van der Waals surface area contributed by atoms with Crippen LogP contribution in [0.15, 0.2) is 60.8 Å². The molecule has 0 amide bonds. The molecular formula is C19H10F6N2O4. The molecule has 0 bridgehead atoms. The van der Waals surface area contributed by atoms with Crippen LogP contribution in [0.1, 0.15) is 0 Å². The van der Waals surface area contributed by atoms with Gasteiger partial charge in [0.05, 0.1) is 10.6 Å². The van der Waals surface area contributed by atoms with Crippen molar-refractivity contribution in [2.75, 3.05) is 0 Å². The molecular weight excluding hydrogens is 434 g/mol. The fourth-order valence-electron chi connectivity index (χ4n) is 2.70. The van der Waals surface area contributed by atoms with Gasteiger partial charge >= 0.3 is 12.7 Å². The molecule has 0 aliphatic rings. The monoisotopic (exact) mass is 444 g/mol. The largest absolute Gasteiger partial charge is 0.573 e. The minimum Gasteiger partial charge on any atom is -0.406 e. The van der Waals surface area contributed by atoms with Gasteiger partial charge in [0.1, 0.15) is 17.7 Å². The van der Waals surface area contributed by atoms with Gasteiger partial charge in [-0.05, 0) is 29.8 Å². The number of hydrogen-bond donors (Lipinski definition) is 0. The standard InChI is InChI=1S/C19H10F6N2O4/c20-18(21,22)30-14-5-1-3-11(7-14)16-9-13(27(28)29)10-26-17(16)12-4-2-6-15(8-12)31-19(23,24)25/h1-10H. The number of nitro groups is 1. The zero-order chi connectivity index (χ0) is 22.8. The summed E-state index contributed by atoms with van der Waals surface area (Å²) in [4.78, 5) is 14.3. The average molecular weight is 444 g/mol. The molecule has 12 heteroatoms. The number of rotatable bonds is 5. The number of halogens is 6. The lowest BCUT2D eigenvalue weighted by Crippen LogP contribution is -2.17. The molecule has 0 aliphatic heterocycles. The van der Waals surface area contributed by atoms with Crippen molar-refractivity contribution >= 4 is 5.69 Å². The van der Waals surface area contributed by atoms with Crippen molar-refractivity contribution in [1.82, 2.24) is 4.98 Å². The molecule has 31 heavy (non-hydrogen) atoms. The van der Waals surface area contributed by atoms with E-state index in [9.17, 15) is 36.5 Å². The minimum atomic E-state index is -4.97. The highest BCUT2D eigenvalue weighted by molar-refractivity contribution is 5.83. The summed E-state index contributed by atoms with van der Waals surface area (Å²) in [6.45, 7) is 0.